The van der Waals surface area contributed by atoms with Gasteiger partial charge in [0.2, 0.25) is 11.6 Å². The van der Waals surface area contributed by atoms with Gasteiger partial charge in [0.1, 0.15) is 12.4 Å². The molecule has 32 heavy (non-hydrogen) atoms. The number of nitrogens with one attached hydrogen (secondary N) is 1. The van der Waals surface area contributed by atoms with Gasteiger partial charge < -0.3 is 10.5 Å². The number of hydrogen-bond acceptors (Lipinski definition) is 9. The Balaban J connectivity index is 1.33. The highest BCUT2D eigenvalue weighted by atomic mass is 16.6. The monoisotopic (exact) mass is 432 g/mol. The predicted molar refractivity (Wildman–Crippen MR) is 115 cm³/mol. The van der Waals surface area contributed by atoms with Gasteiger partial charge >= 0.3 is 0 Å². The predicted octanol–water partition coefficient (Wildman–Crippen LogP) is 2.19. The van der Waals surface area contributed by atoms with Crippen molar-refractivity contribution in [3.63, 3.8) is 0 Å². The standard InChI is InChI=1S/C21H20N8O3/c1-13-4-3-5-16(10-13)12-31-17-8-6-15(7-9-17)11-23-25-21(30)18-14(2)29(28-24-18)20-19(22)26-32-27-20/h3-11H,12H2,1-2H3,(H2,22,26)(H,25,30)/b23-11+. The van der Waals surface area contributed by atoms with Gasteiger partial charge in [0.25, 0.3) is 5.91 Å². The van der Waals surface area contributed by atoms with Crippen molar-refractivity contribution in [3.05, 3.63) is 76.6 Å². The molecule has 0 saturated heterocycles. The van der Waals surface area contributed by atoms with Crippen LogP contribution in [0.15, 0.2) is 58.3 Å². The fourth-order valence-corrected chi connectivity index (χ4v) is 2.92. The van der Waals surface area contributed by atoms with Gasteiger partial charge in [-0.25, -0.2) is 10.1 Å². The maximum Gasteiger partial charge on any atom is 0.293 e. The van der Waals surface area contributed by atoms with E-state index in [0.29, 0.717) is 12.3 Å². The first-order valence-electron chi connectivity index (χ1n) is 9.64. The average Bonchev–Trinajstić information content (AvgIpc) is 3.38. The Morgan fingerprint density at radius 2 is 2.03 bits per heavy atom. The third-order valence-electron chi connectivity index (χ3n) is 4.55. The molecule has 0 bridgehead atoms. The van der Waals surface area contributed by atoms with E-state index in [1.807, 2.05) is 49.4 Å². The summed E-state index contributed by atoms with van der Waals surface area (Å²) < 4.78 is 11.6. The van der Waals surface area contributed by atoms with Crippen LogP contribution in [-0.4, -0.2) is 37.4 Å². The third-order valence-corrected chi connectivity index (χ3v) is 4.55. The van der Waals surface area contributed by atoms with Crippen molar-refractivity contribution in [1.29, 1.82) is 0 Å². The summed E-state index contributed by atoms with van der Waals surface area (Å²) in [5.41, 5.74) is 11.6. The Morgan fingerprint density at radius 3 is 2.75 bits per heavy atom. The van der Waals surface area contributed by atoms with Crippen LogP contribution in [0.1, 0.15) is 32.9 Å². The van der Waals surface area contributed by atoms with Crippen LogP contribution in [-0.2, 0) is 6.61 Å². The Morgan fingerprint density at radius 1 is 1.22 bits per heavy atom. The van der Waals surface area contributed by atoms with Gasteiger partial charge in [-0.2, -0.15) is 9.78 Å². The van der Waals surface area contributed by atoms with Crippen LogP contribution in [0.2, 0.25) is 0 Å². The summed E-state index contributed by atoms with van der Waals surface area (Å²) in [6.45, 7) is 4.17. The smallest absolute Gasteiger partial charge is 0.293 e. The molecule has 0 radical (unpaired) electrons. The van der Waals surface area contributed by atoms with E-state index in [4.69, 9.17) is 10.5 Å². The van der Waals surface area contributed by atoms with Gasteiger partial charge in [-0.05, 0) is 59.6 Å². The van der Waals surface area contributed by atoms with Crippen molar-refractivity contribution < 1.29 is 14.2 Å². The molecule has 0 saturated carbocycles. The number of ether oxygens (including phenoxy) is 1. The number of anilines is 1. The highest BCUT2D eigenvalue weighted by molar-refractivity contribution is 5.94. The topological polar surface area (TPSA) is 146 Å². The molecule has 0 unspecified atom stereocenters. The molecule has 2 aromatic heterocycles. The van der Waals surface area contributed by atoms with Gasteiger partial charge in [0.05, 0.1) is 11.9 Å². The number of nitrogen functional groups attached to an aromatic ring is 1. The first-order chi connectivity index (χ1) is 15.5. The average molecular weight is 432 g/mol. The molecule has 1 amide bonds. The number of rotatable bonds is 7. The van der Waals surface area contributed by atoms with Crippen molar-refractivity contribution >= 4 is 17.9 Å². The minimum Gasteiger partial charge on any atom is -0.489 e. The zero-order valence-electron chi connectivity index (χ0n) is 17.4. The molecule has 0 aliphatic heterocycles. The van der Waals surface area contributed by atoms with E-state index in [2.05, 4.69) is 41.8 Å². The zero-order valence-corrected chi connectivity index (χ0v) is 17.4. The van der Waals surface area contributed by atoms with Gasteiger partial charge in [-0.3, -0.25) is 4.79 Å². The van der Waals surface area contributed by atoms with Gasteiger partial charge in [-0.1, -0.05) is 35.0 Å². The van der Waals surface area contributed by atoms with Crippen LogP contribution < -0.4 is 15.9 Å². The van der Waals surface area contributed by atoms with Gasteiger partial charge in [0.15, 0.2) is 5.69 Å². The minimum absolute atomic E-state index is 0.0364. The van der Waals surface area contributed by atoms with Crippen LogP contribution in [0, 0.1) is 13.8 Å². The zero-order chi connectivity index (χ0) is 22.5. The number of carbonyl (C=O) groups excluding carboxylic acids is 1. The lowest BCUT2D eigenvalue weighted by atomic mass is 10.1. The number of aromatic nitrogens is 5. The lowest BCUT2D eigenvalue weighted by Gasteiger charge is -2.07. The first kappa shape index (κ1) is 20.7. The summed E-state index contributed by atoms with van der Waals surface area (Å²) >= 11 is 0. The number of carbonyl (C=O) groups is 1. The second-order valence-corrected chi connectivity index (χ2v) is 6.95. The molecule has 0 atom stereocenters. The van der Waals surface area contributed by atoms with Gasteiger partial charge in [-0.15, -0.1) is 5.10 Å². The normalized spacial score (nSPS) is 11.1. The van der Waals surface area contributed by atoms with Crippen LogP contribution in [0.5, 0.6) is 5.75 Å². The van der Waals surface area contributed by atoms with E-state index in [9.17, 15) is 4.79 Å². The second kappa shape index (κ2) is 9.08. The number of amides is 1. The largest absolute Gasteiger partial charge is 0.489 e. The SMILES string of the molecule is Cc1cccc(COc2ccc(/C=N/NC(=O)c3nnn(-c4nonc4N)c3C)cc2)c1. The van der Waals surface area contributed by atoms with E-state index in [-0.39, 0.29) is 17.3 Å². The number of nitrogens with two attached hydrogens (primary N) is 1. The Hall–Kier alpha value is -4.54. The summed E-state index contributed by atoms with van der Waals surface area (Å²) in [4.78, 5) is 12.4. The van der Waals surface area contributed by atoms with Crippen LogP contribution >= 0.6 is 0 Å². The van der Waals surface area contributed by atoms with Crippen molar-refractivity contribution in [1.82, 2.24) is 30.7 Å². The molecule has 2 aromatic carbocycles. The highest BCUT2D eigenvalue weighted by Crippen LogP contribution is 2.15. The summed E-state index contributed by atoms with van der Waals surface area (Å²) in [6.07, 6.45) is 1.52. The lowest BCUT2D eigenvalue weighted by Crippen LogP contribution is -2.19. The van der Waals surface area contributed by atoms with Crippen molar-refractivity contribution in [2.24, 2.45) is 5.10 Å². The third kappa shape index (κ3) is 4.61. The molecular formula is C21H20N8O3. The molecule has 4 rings (SSSR count). The quantitative estimate of drug-likeness (QED) is 0.334. The summed E-state index contributed by atoms with van der Waals surface area (Å²) in [5.74, 6) is 0.399. The minimum atomic E-state index is -0.530. The Kier molecular flexibility index (Phi) is 5.88. The van der Waals surface area contributed by atoms with Crippen molar-refractivity contribution in [3.8, 4) is 11.6 Å². The molecule has 2 heterocycles. The number of hydrazone groups is 1. The maximum absolute atomic E-state index is 12.4. The fraction of sp³-hybridized carbons (Fsp3) is 0.143. The molecule has 0 aliphatic rings. The molecular weight excluding hydrogens is 412 g/mol. The van der Waals surface area contributed by atoms with Gasteiger partial charge in [0, 0.05) is 0 Å². The summed E-state index contributed by atoms with van der Waals surface area (Å²) in [6, 6.07) is 15.5. The lowest BCUT2D eigenvalue weighted by molar-refractivity contribution is 0.0949. The van der Waals surface area contributed by atoms with E-state index in [1.54, 1.807) is 6.92 Å². The fourth-order valence-electron chi connectivity index (χ4n) is 2.92. The summed E-state index contributed by atoms with van der Waals surface area (Å²) in [7, 11) is 0. The van der Waals surface area contributed by atoms with Crippen molar-refractivity contribution in [2.75, 3.05) is 5.73 Å². The molecule has 4 aromatic rings. The van der Waals surface area contributed by atoms with E-state index in [1.165, 1.54) is 16.5 Å². The van der Waals surface area contributed by atoms with Crippen LogP contribution in [0.4, 0.5) is 5.82 Å². The van der Waals surface area contributed by atoms with Crippen LogP contribution in [0.3, 0.4) is 0 Å². The summed E-state index contributed by atoms with van der Waals surface area (Å²) in [5, 5.41) is 18.8. The highest BCUT2D eigenvalue weighted by Gasteiger charge is 2.20. The number of aryl methyl sites for hydroxylation is 1. The molecule has 162 valence electrons. The molecule has 0 spiro atoms. The molecule has 3 N–H and O–H groups in total. The Bertz CT molecular complexity index is 1260. The number of benzene rings is 2. The molecule has 11 nitrogen and oxygen atoms in total. The van der Waals surface area contributed by atoms with E-state index >= 15 is 0 Å². The molecule has 0 aliphatic carbocycles. The number of hydrogen-bond donors (Lipinski definition) is 2. The number of nitrogens with zero attached hydrogens (tertiary/aromatic N) is 6. The first-order valence-corrected chi connectivity index (χ1v) is 9.64. The van der Waals surface area contributed by atoms with Crippen LogP contribution in [0.25, 0.3) is 5.82 Å². The molecule has 0 fully saturated rings. The second-order valence-electron chi connectivity index (χ2n) is 6.95. The van der Waals surface area contributed by atoms with E-state index < -0.39 is 5.91 Å². The Labute approximate surface area is 182 Å². The molecule has 11 heteroatoms. The maximum atomic E-state index is 12.4. The van der Waals surface area contributed by atoms with Crippen molar-refractivity contribution in [2.45, 2.75) is 20.5 Å². The van der Waals surface area contributed by atoms with E-state index in [0.717, 1.165) is 16.9 Å².